The van der Waals surface area contributed by atoms with E-state index >= 15 is 0 Å². The largest absolute Gasteiger partial charge is 0.497 e. The van der Waals surface area contributed by atoms with Crippen molar-refractivity contribution < 1.29 is 21.8 Å². The lowest BCUT2D eigenvalue weighted by atomic mass is 10.1. The van der Waals surface area contributed by atoms with Crippen LogP contribution in [0.1, 0.15) is 11.1 Å². The van der Waals surface area contributed by atoms with Gasteiger partial charge in [0.2, 0.25) is 0 Å². The van der Waals surface area contributed by atoms with Crippen molar-refractivity contribution in [1.82, 2.24) is 0 Å². The highest BCUT2D eigenvalue weighted by atomic mass is 32.2. The van der Waals surface area contributed by atoms with Gasteiger partial charge in [-0.2, -0.15) is 4.21 Å². The minimum atomic E-state index is -2.81. The van der Waals surface area contributed by atoms with E-state index in [2.05, 4.69) is 4.18 Å². The third kappa shape index (κ3) is 4.60. The molecule has 0 heterocycles. The molecule has 6 heteroatoms. The van der Waals surface area contributed by atoms with Crippen LogP contribution in [0.2, 0.25) is 0 Å². The number of ether oxygens (including phenoxy) is 2. The van der Waals surface area contributed by atoms with Crippen LogP contribution < -0.4 is 13.7 Å². The van der Waals surface area contributed by atoms with Crippen molar-refractivity contribution in [3.05, 3.63) is 53.6 Å². The number of halogens is 1. The molecule has 2 rings (SSSR count). The average Bonchev–Trinajstić information content (AvgIpc) is 2.53. The van der Waals surface area contributed by atoms with Crippen LogP contribution in [-0.4, -0.2) is 18.4 Å². The van der Waals surface area contributed by atoms with E-state index in [0.717, 1.165) is 11.1 Å². The van der Waals surface area contributed by atoms with Gasteiger partial charge in [-0.1, -0.05) is 28.2 Å². The summed E-state index contributed by atoms with van der Waals surface area (Å²) in [6, 6.07) is 12.1. The van der Waals surface area contributed by atoms with Crippen molar-refractivity contribution in [1.29, 1.82) is 0 Å². The van der Waals surface area contributed by atoms with E-state index in [1.165, 1.54) is 0 Å². The summed E-state index contributed by atoms with van der Waals surface area (Å²) in [7, 11) is 3.19. The van der Waals surface area contributed by atoms with Crippen LogP contribution in [-0.2, 0) is 11.5 Å². The van der Waals surface area contributed by atoms with Gasteiger partial charge in [-0.25, -0.2) is 0 Å². The van der Waals surface area contributed by atoms with Crippen LogP contribution in [0.3, 0.4) is 0 Å². The summed E-state index contributed by atoms with van der Waals surface area (Å²) < 4.78 is 37.4. The number of benzene rings is 2. The molecule has 0 bridgehead atoms. The zero-order valence-electron chi connectivity index (χ0n) is 12.1. The second kappa shape index (κ2) is 7.61. The Morgan fingerprint density at radius 3 is 1.91 bits per heavy atom. The predicted octanol–water partition coefficient (Wildman–Crippen LogP) is 3.80. The first-order chi connectivity index (χ1) is 10.6. The standard InChI is InChI=1S/C16H15FO4S/c1-19-15-9-13(10-16(11-15)20-2)4-3-12-5-7-14(8-6-12)21-22(17)18/h3-11H,1-2H3/b4-3+. The summed E-state index contributed by atoms with van der Waals surface area (Å²) in [4.78, 5) is 0. The average molecular weight is 322 g/mol. The van der Waals surface area contributed by atoms with Gasteiger partial charge < -0.3 is 13.7 Å². The van der Waals surface area contributed by atoms with Gasteiger partial charge in [0.25, 0.3) is 0 Å². The van der Waals surface area contributed by atoms with Crippen LogP contribution in [0.4, 0.5) is 3.89 Å². The van der Waals surface area contributed by atoms with Crippen molar-refractivity contribution in [3.63, 3.8) is 0 Å². The molecule has 0 radical (unpaired) electrons. The fourth-order valence-electron chi connectivity index (χ4n) is 1.83. The molecule has 22 heavy (non-hydrogen) atoms. The maximum atomic E-state index is 12.2. The summed E-state index contributed by atoms with van der Waals surface area (Å²) in [6.45, 7) is 0. The molecule has 0 saturated heterocycles. The summed E-state index contributed by atoms with van der Waals surface area (Å²) in [5.41, 5.74) is 1.81. The first kappa shape index (κ1) is 16.0. The number of hydrogen-bond donors (Lipinski definition) is 0. The van der Waals surface area contributed by atoms with E-state index in [4.69, 9.17) is 9.47 Å². The molecule has 0 N–H and O–H groups in total. The number of hydrogen-bond acceptors (Lipinski definition) is 4. The minimum absolute atomic E-state index is 0.209. The van der Waals surface area contributed by atoms with Crippen LogP contribution >= 0.6 is 0 Å². The smallest absolute Gasteiger partial charge is 0.401 e. The molecule has 0 aliphatic carbocycles. The van der Waals surface area contributed by atoms with Gasteiger partial charge in [-0.3, -0.25) is 0 Å². The van der Waals surface area contributed by atoms with Crippen LogP contribution in [0.25, 0.3) is 12.2 Å². The van der Waals surface area contributed by atoms with Crippen molar-refractivity contribution in [2.24, 2.45) is 0 Å². The lowest BCUT2D eigenvalue weighted by Gasteiger charge is -2.05. The Morgan fingerprint density at radius 2 is 1.41 bits per heavy atom. The van der Waals surface area contributed by atoms with Gasteiger partial charge in [0.05, 0.1) is 14.2 Å². The molecule has 0 aliphatic rings. The molecule has 0 saturated carbocycles. The zero-order valence-corrected chi connectivity index (χ0v) is 12.9. The van der Waals surface area contributed by atoms with E-state index in [-0.39, 0.29) is 5.75 Å². The van der Waals surface area contributed by atoms with Crippen molar-refractivity contribution in [2.45, 2.75) is 0 Å². The molecular weight excluding hydrogens is 307 g/mol. The Hall–Kier alpha value is -2.34. The summed E-state index contributed by atoms with van der Waals surface area (Å²) >= 11 is -2.81. The Kier molecular flexibility index (Phi) is 5.55. The van der Waals surface area contributed by atoms with E-state index in [0.29, 0.717) is 11.5 Å². The van der Waals surface area contributed by atoms with Gasteiger partial charge in [0, 0.05) is 6.07 Å². The maximum Gasteiger partial charge on any atom is 0.401 e. The minimum Gasteiger partial charge on any atom is -0.497 e. The second-order valence-electron chi connectivity index (χ2n) is 4.33. The maximum absolute atomic E-state index is 12.2. The molecule has 2 aromatic carbocycles. The number of rotatable bonds is 6. The molecule has 0 aliphatic heterocycles. The lowest BCUT2D eigenvalue weighted by Crippen LogP contribution is -1.91. The molecule has 116 valence electrons. The molecule has 1 atom stereocenters. The Bertz CT molecular complexity index is 661. The molecule has 0 spiro atoms. The molecule has 0 amide bonds. The topological polar surface area (TPSA) is 44.8 Å². The Labute approximate surface area is 131 Å². The highest BCUT2D eigenvalue weighted by molar-refractivity contribution is 7.75. The van der Waals surface area contributed by atoms with E-state index < -0.39 is 11.5 Å². The first-order valence-electron chi connectivity index (χ1n) is 6.38. The van der Waals surface area contributed by atoms with Crippen molar-refractivity contribution >= 4 is 23.6 Å². The third-order valence-corrected chi connectivity index (χ3v) is 3.21. The fourth-order valence-corrected chi connectivity index (χ4v) is 2.09. The highest BCUT2D eigenvalue weighted by Crippen LogP contribution is 2.24. The molecule has 2 aromatic rings. The van der Waals surface area contributed by atoms with Crippen LogP contribution in [0.5, 0.6) is 17.2 Å². The van der Waals surface area contributed by atoms with Gasteiger partial charge >= 0.3 is 11.5 Å². The second-order valence-corrected chi connectivity index (χ2v) is 4.88. The quantitative estimate of drug-likeness (QED) is 0.599. The van der Waals surface area contributed by atoms with Crippen molar-refractivity contribution in [2.75, 3.05) is 14.2 Å². The zero-order chi connectivity index (χ0) is 15.9. The van der Waals surface area contributed by atoms with E-state index in [1.54, 1.807) is 44.6 Å². The SMILES string of the molecule is COc1cc(/C=C/c2ccc(OS(=O)F)cc2)cc(OC)c1. The van der Waals surface area contributed by atoms with Gasteiger partial charge in [-0.05, 0) is 35.4 Å². The van der Waals surface area contributed by atoms with Gasteiger partial charge in [0.15, 0.2) is 0 Å². The van der Waals surface area contributed by atoms with E-state index in [9.17, 15) is 8.09 Å². The van der Waals surface area contributed by atoms with E-state index in [1.807, 2.05) is 24.3 Å². The molecule has 0 aromatic heterocycles. The molecular formula is C16H15FO4S. The molecule has 4 nitrogen and oxygen atoms in total. The Balaban J connectivity index is 2.15. The van der Waals surface area contributed by atoms with Crippen molar-refractivity contribution in [3.8, 4) is 17.2 Å². The number of methoxy groups -OCH3 is 2. The Morgan fingerprint density at radius 1 is 0.864 bits per heavy atom. The fraction of sp³-hybridized carbons (Fsp3) is 0.125. The predicted molar refractivity (Wildman–Crippen MR) is 84.8 cm³/mol. The third-order valence-electron chi connectivity index (χ3n) is 2.88. The van der Waals surface area contributed by atoms with Gasteiger partial charge in [0.1, 0.15) is 17.2 Å². The first-order valence-corrected chi connectivity index (χ1v) is 7.36. The molecule has 0 fully saturated rings. The monoisotopic (exact) mass is 322 g/mol. The lowest BCUT2D eigenvalue weighted by molar-refractivity contribution is 0.394. The van der Waals surface area contributed by atoms with Crippen LogP contribution in [0.15, 0.2) is 42.5 Å². The summed E-state index contributed by atoms with van der Waals surface area (Å²) in [5, 5.41) is 0. The van der Waals surface area contributed by atoms with Crippen LogP contribution in [0, 0.1) is 0 Å². The molecule has 1 unspecified atom stereocenters. The summed E-state index contributed by atoms with van der Waals surface area (Å²) in [5.74, 6) is 1.61. The normalized spacial score (nSPS) is 12.1. The summed E-state index contributed by atoms with van der Waals surface area (Å²) in [6.07, 6.45) is 3.78. The highest BCUT2D eigenvalue weighted by Gasteiger charge is 2.01. The van der Waals surface area contributed by atoms with Gasteiger partial charge in [-0.15, -0.1) is 0 Å².